The summed E-state index contributed by atoms with van der Waals surface area (Å²) in [5, 5.41) is 9.73. The molecule has 0 aliphatic heterocycles. The van der Waals surface area contributed by atoms with Crippen molar-refractivity contribution in [3.8, 4) is 5.75 Å². The van der Waals surface area contributed by atoms with Crippen LogP contribution >= 0.6 is 39.0 Å². The average Bonchev–Trinajstić information content (AvgIpc) is 3.33. The third kappa shape index (κ3) is 6.37. The normalized spacial score (nSPS) is 10.7. The first-order valence-electron chi connectivity index (χ1n) is 8.29. The zero-order valence-electron chi connectivity index (χ0n) is 14.7. The van der Waals surface area contributed by atoms with E-state index in [1.165, 1.54) is 16.6 Å². The highest BCUT2D eigenvalue weighted by Crippen LogP contribution is 2.17. The maximum atomic E-state index is 12.2. The molecular weight excluding hydrogens is 448 g/mol. The Morgan fingerprint density at radius 2 is 2.15 bits per heavy atom. The summed E-state index contributed by atoms with van der Waals surface area (Å²) in [6, 6.07) is 11.7. The van der Waals surface area contributed by atoms with Gasteiger partial charge in [-0.2, -0.15) is 0 Å². The lowest BCUT2D eigenvalue weighted by molar-refractivity contribution is -0.127. The van der Waals surface area contributed by atoms with Crippen LogP contribution in [0.3, 0.4) is 0 Å². The van der Waals surface area contributed by atoms with E-state index in [1.807, 2.05) is 35.7 Å². The van der Waals surface area contributed by atoms with Crippen LogP contribution in [0.2, 0.25) is 0 Å². The third-order valence-corrected chi connectivity index (χ3v) is 5.93. The van der Waals surface area contributed by atoms with Gasteiger partial charge in [0, 0.05) is 22.8 Å². The molecule has 1 aromatic carbocycles. The second kappa shape index (κ2) is 9.91. The van der Waals surface area contributed by atoms with Gasteiger partial charge in [-0.25, -0.2) is 4.98 Å². The van der Waals surface area contributed by atoms with Gasteiger partial charge >= 0.3 is 0 Å². The number of thioether (sulfide) groups is 1. The van der Waals surface area contributed by atoms with E-state index in [-0.39, 0.29) is 5.91 Å². The van der Waals surface area contributed by atoms with E-state index in [4.69, 9.17) is 4.74 Å². The monoisotopic (exact) mass is 466 g/mol. The van der Waals surface area contributed by atoms with E-state index >= 15 is 0 Å². The first kappa shape index (κ1) is 19.9. The van der Waals surface area contributed by atoms with Gasteiger partial charge in [0.15, 0.2) is 0 Å². The molecule has 2 aromatic heterocycles. The molecule has 1 amide bonds. The van der Waals surface area contributed by atoms with Crippen LogP contribution in [0.15, 0.2) is 51.4 Å². The van der Waals surface area contributed by atoms with Gasteiger partial charge in [-0.3, -0.25) is 9.89 Å². The lowest BCUT2D eigenvalue weighted by Gasteiger charge is -2.17. The van der Waals surface area contributed by atoms with Crippen LogP contribution in [-0.2, 0) is 11.2 Å². The van der Waals surface area contributed by atoms with Crippen LogP contribution in [0.25, 0.3) is 0 Å². The second-order valence-electron chi connectivity index (χ2n) is 5.73. The predicted octanol–water partition coefficient (Wildman–Crippen LogP) is 3.85. The highest BCUT2D eigenvalue weighted by atomic mass is 79.9. The minimum absolute atomic E-state index is 0.0176. The molecule has 0 saturated carbocycles. The summed E-state index contributed by atoms with van der Waals surface area (Å²) in [5.74, 6) is 1.91. The van der Waals surface area contributed by atoms with E-state index < -0.39 is 0 Å². The minimum Gasteiger partial charge on any atom is -0.492 e. The Morgan fingerprint density at radius 1 is 1.33 bits per heavy atom. The Balaban J connectivity index is 1.38. The second-order valence-corrected chi connectivity index (χ2v) is 8.62. The van der Waals surface area contributed by atoms with Crippen molar-refractivity contribution in [3.05, 3.63) is 57.0 Å². The van der Waals surface area contributed by atoms with Crippen molar-refractivity contribution in [2.75, 3.05) is 26.0 Å². The van der Waals surface area contributed by atoms with E-state index in [9.17, 15) is 4.79 Å². The number of nitrogens with zero attached hydrogens (tertiary/aromatic N) is 3. The summed E-state index contributed by atoms with van der Waals surface area (Å²) in [6.45, 7) is 0.966. The SMILES string of the molecule is CN(CCOc1ccc(Br)cc1)C(=O)CSc1n[nH]c(Cc2cccs2)n1. The summed E-state index contributed by atoms with van der Waals surface area (Å²) < 4.78 is 6.65. The van der Waals surface area contributed by atoms with Crippen LogP contribution in [0, 0.1) is 0 Å². The number of H-pyrrole nitrogens is 1. The van der Waals surface area contributed by atoms with Gasteiger partial charge in [-0.15, -0.1) is 16.4 Å². The number of likely N-dealkylation sites (N-methyl/N-ethyl adjacent to an activating group) is 1. The number of amides is 1. The number of ether oxygens (including phenoxy) is 1. The van der Waals surface area contributed by atoms with Gasteiger partial charge in [0.2, 0.25) is 11.1 Å². The van der Waals surface area contributed by atoms with Crippen LogP contribution in [-0.4, -0.2) is 51.9 Å². The fourth-order valence-corrected chi connectivity index (χ4v) is 3.92. The quantitative estimate of drug-likeness (QED) is 0.484. The molecule has 142 valence electrons. The fraction of sp³-hybridized carbons (Fsp3) is 0.278. The molecule has 27 heavy (non-hydrogen) atoms. The molecule has 0 aliphatic rings. The summed E-state index contributed by atoms with van der Waals surface area (Å²) in [7, 11) is 1.77. The molecule has 3 rings (SSSR count). The molecule has 1 N–H and O–H groups in total. The Bertz CT molecular complexity index is 853. The molecule has 0 saturated heterocycles. The van der Waals surface area contributed by atoms with Crippen molar-refractivity contribution < 1.29 is 9.53 Å². The molecule has 3 aromatic rings. The Hall–Kier alpha value is -1.84. The van der Waals surface area contributed by atoms with Gasteiger partial charge in [-0.05, 0) is 35.7 Å². The number of halogens is 1. The number of aromatic amines is 1. The topological polar surface area (TPSA) is 71.1 Å². The van der Waals surface area contributed by atoms with Crippen LogP contribution in [0.4, 0.5) is 0 Å². The maximum absolute atomic E-state index is 12.2. The first-order chi connectivity index (χ1) is 13.1. The maximum Gasteiger partial charge on any atom is 0.232 e. The van der Waals surface area contributed by atoms with Crippen molar-refractivity contribution in [2.45, 2.75) is 11.6 Å². The van der Waals surface area contributed by atoms with E-state index in [0.29, 0.717) is 24.1 Å². The Morgan fingerprint density at radius 3 is 2.89 bits per heavy atom. The van der Waals surface area contributed by atoms with Crippen molar-refractivity contribution in [3.63, 3.8) is 0 Å². The molecule has 0 aliphatic carbocycles. The first-order valence-corrected chi connectivity index (χ1v) is 10.9. The van der Waals surface area contributed by atoms with Gasteiger partial charge in [-0.1, -0.05) is 33.8 Å². The Labute approximate surface area is 174 Å². The molecule has 0 unspecified atom stereocenters. The number of aromatic nitrogens is 3. The lowest BCUT2D eigenvalue weighted by atomic mass is 10.3. The zero-order chi connectivity index (χ0) is 19.1. The molecular formula is C18H19BrN4O2S2. The number of nitrogens with one attached hydrogen (secondary N) is 1. The van der Waals surface area contributed by atoms with E-state index in [1.54, 1.807) is 23.3 Å². The third-order valence-electron chi connectivity index (χ3n) is 3.69. The molecule has 2 heterocycles. The van der Waals surface area contributed by atoms with Crippen LogP contribution in [0.5, 0.6) is 5.75 Å². The van der Waals surface area contributed by atoms with Crippen molar-refractivity contribution in [1.29, 1.82) is 0 Å². The molecule has 6 nitrogen and oxygen atoms in total. The largest absolute Gasteiger partial charge is 0.492 e. The summed E-state index contributed by atoms with van der Waals surface area (Å²) in [5.41, 5.74) is 0. The summed E-state index contributed by atoms with van der Waals surface area (Å²) in [4.78, 5) is 19.6. The number of benzene rings is 1. The molecule has 0 bridgehead atoms. The smallest absolute Gasteiger partial charge is 0.232 e. The fourth-order valence-electron chi connectivity index (χ4n) is 2.19. The number of thiophene rings is 1. The van der Waals surface area contributed by atoms with E-state index in [2.05, 4.69) is 37.2 Å². The molecule has 9 heteroatoms. The van der Waals surface area contributed by atoms with Gasteiger partial charge in [0.25, 0.3) is 0 Å². The van der Waals surface area contributed by atoms with Gasteiger partial charge < -0.3 is 9.64 Å². The number of hydrogen-bond acceptors (Lipinski definition) is 6. The molecule has 0 fully saturated rings. The Kier molecular flexibility index (Phi) is 7.31. The van der Waals surface area contributed by atoms with Gasteiger partial charge in [0.1, 0.15) is 18.2 Å². The number of hydrogen-bond donors (Lipinski definition) is 1. The molecule has 0 atom stereocenters. The van der Waals surface area contributed by atoms with Crippen LogP contribution < -0.4 is 4.74 Å². The highest BCUT2D eigenvalue weighted by Gasteiger charge is 2.12. The number of carbonyl (C=O) groups excluding carboxylic acids is 1. The predicted molar refractivity (Wildman–Crippen MR) is 112 cm³/mol. The van der Waals surface area contributed by atoms with Crippen molar-refractivity contribution >= 4 is 44.9 Å². The van der Waals surface area contributed by atoms with E-state index in [0.717, 1.165) is 22.5 Å². The average molecular weight is 467 g/mol. The molecule has 0 spiro atoms. The zero-order valence-corrected chi connectivity index (χ0v) is 17.9. The number of rotatable bonds is 9. The molecule has 0 radical (unpaired) electrons. The summed E-state index contributed by atoms with van der Waals surface area (Å²) >= 11 is 6.41. The van der Waals surface area contributed by atoms with Gasteiger partial charge in [0.05, 0.1) is 12.3 Å². The summed E-state index contributed by atoms with van der Waals surface area (Å²) in [6.07, 6.45) is 0.729. The van der Waals surface area contributed by atoms with Crippen molar-refractivity contribution in [1.82, 2.24) is 20.1 Å². The van der Waals surface area contributed by atoms with Crippen molar-refractivity contribution in [2.24, 2.45) is 0 Å². The lowest BCUT2D eigenvalue weighted by Crippen LogP contribution is -2.32. The standard InChI is InChI=1S/C18H19BrN4O2S2/c1-23(8-9-25-14-6-4-13(19)5-7-14)17(24)12-27-18-20-16(21-22-18)11-15-3-2-10-26-15/h2-7,10H,8-9,11-12H2,1H3,(H,20,21,22). The highest BCUT2D eigenvalue weighted by molar-refractivity contribution is 9.10. The van der Waals surface area contributed by atoms with Crippen LogP contribution in [0.1, 0.15) is 10.7 Å². The minimum atomic E-state index is 0.0176. The number of carbonyl (C=O) groups is 1.